The number of nitrogens with one attached hydrogen (secondary N) is 1. The van der Waals surface area contributed by atoms with Gasteiger partial charge in [0.15, 0.2) is 0 Å². The quantitative estimate of drug-likeness (QED) is 0.654. The van der Waals surface area contributed by atoms with Crippen molar-refractivity contribution in [3.63, 3.8) is 0 Å². The van der Waals surface area contributed by atoms with Gasteiger partial charge in [0.25, 0.3) is 10.2 Å². The van der Waals surface area contributed by atoms with Crippen LogP contribution in [0.2, 0.25) is 0 Å². The lowest BCUT2D eigenvalue weighted by Gasteiger charge is -2.41. The molecule has 10 heteroatoms. The largest absolute Gasteiger partial charge is 0.385 e. The van der Waals surface area contributed by atoms with Crippen molar-refractivity contribution < 1.29 is 21.6 Å². The monoisotopic (exact) mass is 343 g/mol. The fraction of sp³-hybridized carbons (Fsp3) is 1.00. The average Bonchev–Trinajstić information content (AvgIpc) is 2.35. The summed E-state index contributed by atoms with van der Waals surface area (Å²) < 4.78 is 57.5. The number of nitrogens with zero attached hydrogens (tertiary/aromatic N) is 2. The van der Waals surface area contributed by atoms with Crippen LogP contribution in [0.1, 0.15) is 19.3 Å². The van der Waals surface area contributed by atoms with Crippen LogP contribution in [0.3, 0.4) is 0 Å². The van der Waals surface area contributed by atoms with E-state index in [2.05, 4.69) is 4.72 Å². The summed E-state index contributed by atoms with van der Waals surface area (Å²) in [4.78, 5) is 0. The molecule has 1 heterocycles. The van der Waals surface area contributed by atoms with Crippen molar-refractivity contribution in [2.45, 2.75) is 24.8 Å². The maximum atomic E-state index is 12.1. The van der Waals surface area contributed by atoms with Crippen molar-refractivity contribution in [1.29, 1.82) is 0 Å². The summed E-state index contributed by atoms with van der Waals surface area (Å²) in [5.41, 5.74) is -0.637. The highest BCUT2D eigenvalue weighted by atomic mass is 32.2. The first-order chi connectivity index (χ1) is 9.52. The second-order valence-corrected chi connectivity index (χ2v) is 9.48. The molecule has 0 unspecified atom stereocenters. The maximum Gasteiger partial charge on any atom is 0.281 e. The van der Waals surface area contributed by atoms with E-state index in [9.17, 15) is 16.8 Å². The first-order valence-electron chi connectivity index (χ1n) is 6.68. The summed E-state index contributed by atoms with van der Waals surface area (Å²) in [6, 6.07) is 0. The molecule has 0 radical (unpaired) electrons. The van der Waals surface area contributed by atoms with Crippen molar-refractivity contribution in [1.82, 2.24) is 13.3 Å². The minimum Gasteiger partial charge on any atom is -0.385 e. The molecule has 1 aliphatic heterocycles. The first-order valence-corrected chi connectivity index (χ1v) is 9.97. The lowest BCUT2D eigenvalue weighted by Crippen LogP contribution is -2.57. The molecule has 21 heavy (non-hydrogen) atoms. The molecule has 1 N–H and O–H groups in total. The van der Waals surface area contributed by atoms with Crippen LogP contribution in [0.4, 0.5) is 0 Å². The van der Waals surface area contributed by atoms with Gasteiger partial charge < -0.3 is 4.74 Å². The van der Waals surface area contributed by atoms with Crippen LogP contribution in [0, 0.1) is 0 Å². The van der Waals surface area contributed by atoms with Gasteiger partial charge in [0.1, 0.15) is 0 Å². The maximum absolute atomic E-state index is 12.1. The normalized spacial score (nSPS) is 20.8. The molecule has 0 aliphatic carbocycles. The van der Waals surface area contributed by atoms with E-state index in [1.54, 1.807) is 7.11 Å². The zero-order chi connectivity index (χ0) is 16.3. The molecular weight excluding hydrogens is 318 g/mol. The molecule has 0 aromatic carbocycles. The van der Waals surface area contributed by atoms with Gasteiger partial charge in [-0.2, -0.15) is 17.0 Å². The number of methoxy groups -OCH3 is 1. The number of hydrogen-bond acceptors (Lipinski definition) is 5. The van der Waals surface area contributed by atoms with Gasteiger partial charge in [-0.3, -0.25) is 0 Å². The second-order valence-electron chi connectivity index (χ2n) is 5.59. The zero-order valence-electron chi connectivity index (χ0n) is 13.0. The van der Waals surface area contributed by atoms with Gasteiger partial charge in [-0.05, 0) is 19.3 Å². The first kappa shape index (κ1) is 18.8. The van der Waals surface area contributed by atoms with E-state index < -0.39 is 25.8 Å². The summed E-state index contributed by atoms with van der Waals surface area (Å²) in [7, 11) is -2.30. The Hall–Kier alpha value is -0.260. The van der Waals surface area contributed by atoms with E-state index in [4.69, 9.17) is 4.74 Å². The van der Waals surface area contributed by atoms with Crippen molar-refractivity contribution in [2.75, 3.05) is 47.2 Å². The molecule has 0 bridgehead atoms. The summed E-state index contributed by atoms with van der Waals surface area (Å²) in [6.07, 6.45) is 2.49. The third-order valence-corrected chi connectivity index (χ3v) is 6.40. The van der Waals surface area contributed by atoms with Crippen LogP contribution in [-0.4, -0.2) is 78.1 Å². The number of hydrogen-bond donors (Lipinski definition) is 1. The average molecular weight is 343 g/mol. The van der Waals surface area contributed by atoms with E-state index in [1.807, 2.05) is 0 Å². The Morgan fingerprint density at radius 3 is 2.10 bits per heavy atom. The number of sulfonamides is 1. The van der Waals surface area contributed by atoms with Gasteiger partial charge in [-0.25, -0.2) is 13.1 Å². The van der Waals surface area contributed by atoms with Crippen molar-refractivity contribution in [3.05, 3.63) is 0 Å². The van der Waals surface area contributed by atoms with Crippen LogP contribution in [-0.2, 0) is 25.0 Å². The number of rotatable bonds is 7. The molecule has 0 atom stereocenters. The molecular formula is C11H25N3O5S2. The van der Waals surface area contributed by atoms with E-state index in [0.29, 0.717) is 25.9 Å². The van der Waals surface area contributed by atoms with Crippen LogP contribution >= 0.6 is 0 Å². The number of ether oxygens (including phenoxy) is 1. The molecule has 0 aromatic rings. The van der Waals surface area contributed by atoms with Gasteiger partial charge in [0, 0.05) is 46.4 Å². The predicted octanol–water partition coefficient (Wildman–Crippen LogP) is -0.787. The smallest absolute Gasteiger partial charge is 0.281 e. The lowest BCUT2D eigenvalue weighted by atomic mass is 9.86. The molecule has 1 fully saturated rings. The fourth-order valence-electron chi connectivity index (χ4n) is 2.47. The van der Waals surface area contributed by atoms with E-state index in [0.717, 1.165) is 6.26 Å². The van der Waals surface area contributed by atoms with E-state index in [-0.39, 0.29) is 13.1 Å². The second kappa shape index (κ2) is 6.88. The van der Waals surface area contributed by atoms with Gasteiger partial charge in [-0.15, -0.1) is 0 Å². The van der Waals surface area contributed by atoms with Crippen LogP contribution in [0.25, 0.3) is 0 Å². The zero-order valence-corrected chi connectivity index (χ0v) is 14.6. The van der Waals surface area contributed by atoms with Crippen LogP contribution in [0.15, 0.2) is 0 Å². The summed E-state index contributed by atoms with van der Waals surface area (Å²) in [5, 5.41) is 0. The number of piperidine rings is 1. The van der Waals surface area contributed by atoms with Crippen LogP contribution in [0.5, 0.6) is 0 Å². The SMILES string of the molecule is COCCC1(NS(C)(=O)=O)CCN(S(=O)(=O)N(C)C)CC1. The molecule has 0 aromatic heterocycles. The molecule has 126 valence electrons. The lowest BCUT2D eigenvalue weighted by molar-refractivity contribution is 0.131. The minimum atomic E-state index is -3.46. The van der Waals surface area contributed by atoms with Gasteiger partial charge in [0.05, 0.1) is 6.26 Å². The van der Waals surface area contributed by atoms with Gasteiger partial charge >= 0.3 is 0 Å². The molecule has 8 nitrogen and oxygen atoms in total. The summed E-state index contributed by atoms with van der Waals surface area (Å²) in [6.45, 7) is 0.989. The van der Waals surface area contributed by atoms with E-state index >= 15 is 0 Å². The standard InChI is InChI=1S/C11H25N3O5S2/c1-13(2)21(17,18)14-8-5-11(6-9-14,7-10-19-3)12-20(4,15)16/h12H,5-10H2,1-4H3. The summed E-state index contributed by atoms with van der Waals surface area (Å²) in [5.74, 6) is 0. The Bertz CT molecular complexity index is 536. The van der Waals surface area contributed by atoms with Crippen molar-refractivity contribution in [3.8, 4) is 0 Å². The van der Waals surface area contributed by atoms with Crippen LogP contribution < -0.4 is 4.72 Å². The highest BCUT2D eigenvalue weighted by molar-refractivity contribution is 7.88. The van der Waals surface area contributed by atoms with Gasteiger partial charge in [0.2, 0.25) is 10.0 Å². The molecule has 0 spiro atoms. The van der Waals surface area contributed by atoms with Gasteiger partial charge in [-0.1, -0.05) is 0 Å². The Labute approximate surface area is 127 Å². The van der Waals surface area contributed by atoms with Crippen molar-refractivity contribution >= 4 is 20.2 Å². The molecule has 1 saturated heterocycles. The highest BCUT2D eigenvalue weighted by Crippen LogP contribution is 2.28. The Balaban J connectivity index is 2.84. The third-order valence-electron chi connectivity index (χ3n) is 3.65. The topological polar surface area (TPSA) is 96.0 Å². The summed E-state index contributed by atoms with van der Waals surface area (Å²) >= 11 is 0. The molecule has 0 amide bonds. The highest BCUT2D eigenvalue weighted by Gasteiger charge is 2.40. The minimum absolute atomic E-state index is 0.284. The fourth-order valence-corrected chi connectivity index (χ4v) is 4.67. The molecule has 1 rings (SSSR count). The predicted molar refractivity (Wildman–Crippen MR) is 80.6 cm³/mol. The third kappa shape index (κ3) is 5.15. The Kier molecular flexibility index (Phi) is 6.16. The Morgan fingerprint density at radius 2 is 1.71 bits per heavy atom. The van der Waals surface area contributed by atoms with E-state index in [1.165, 1.54) is 22.7 Å². The Morgan fingerprint density at radius 1 is 1.19 bits per heavy atom. The van der Waals surface area contributed by atoms with Crippen molar-refractivity contribution in [2.24, 2.45) is 0 Å². The molecule has 1 aliphatic rings. The molecule has 0 saturated carbocycles.